The van der Waals surface area contributed by atoms with Crippen LogP contribution in [0.1, 0.15) is 30.0 Å². The SMILES string of the molecule is COc1c(C)cc(C)cc1CN(C)CCC(C)N. The van der Waals surface area contributed by atoms with Crippen molar-refractivity contribution in [1.29, 1.82) is 0 Å². The highest BCUT2D eigenvalue weighted by Crippen LogP contribution is 2.26. The molecule has 0 aliphatic rings. The Bertz CT molecular complexity index is 388. The van der Waals surface area contributed by atoms with E-state index < -0.39 is 0 Å². The summed E-state index contributed by atoms with van der Waals surface area (Å²) in [5.41, 5.74) is 9.52. The largest absolute Gasteiger partial charge is 0.496 e. The van der Waals surface area contributed by atoms with Gasteiger partial charge in [-0.3, -0.25) is 0 Å². The quantitative estimate of drug-likeness (QED) is 0.843. The van der Waals surface area contributed by atoms with Gasteiger partial charge in [0.2, 0.25) is 0 Å². The highest BCUT2D eigenvalue weighted by Gasteiger charge is 2.10. The Morgan fingerprint density at radius 1 is 1.33 bits per heavy atom. The van der Waals surface area contributed by atoms with E-state index in [0.29, 0.717) is 0 Å². The van der Waals surface area contributed by atoms with Crippen molar-refractivity contribution in [1.82, 2.24) is 4.90 Å². The van der Waals surface area contributed by atoms with E-state index in [4.69, 9.17) is 10.5 Å². The van der Waals surface area contributed by atoms with Gasteiger partial charge in [0.1, 0.15) is 5.75 Å². The zero-order valence-corrected chi connectivity index (χ0v) is 12.3. The standard InChI is InChI=1S/C15H26N2O/c1-11-8-12(2)15(18-5)14(9-11)10-17(4)7-6-13(3)16/h8-9,13H,6-7,10,16H2,1-5H3. The Morgan fingerprint density at radius 3 is 2.56 bits per heavy atom. The molecule has 102 valence electrons. The van der Waals surface area contributed by atoms with E-state index >= 15 is 0 Å². The molecule has 2 N–H and O–H groups in total. The van der Waals surface area contributed by atoms with Gasteiger partial charge in [0.25, 0.3) is 0 Å². The predicted molar refractivity (Wildman–Crippen MR) is 77.1 cm³/mol. The molecule has 0 aliphatic heterocycles. The summed E-state index contributed by atoms with van der Waals surface area (Å²) < 4.78 is 5.51. The molecule has 1 aromatic rings. The van der Waals surface area contributed by atoms with Crippen molar-refractivity contribution in [3.8, 4) is 5.75 Å². The van der Waals surface area contributed by atoms with Crippen LogP contribution < -0.4 is 10.5 Å². The molecule has 1 unspecified atom stereocenters. The fourth-order valence-corrected chi connectivity index (χ4v) is 2.25. The number of hydrogen-bond acceptors (Lipinski definition) is 3. The third-order valence-corrected chi connectivity index (χ3v) is 3.11. The summed E-state index contributed by atoms with van der Waals surface area (Å²) in [6.45, 7) is 8.17. The van der Waals surface area contributed by atoms with Crippen molar-refractivity contribution in [3.63, 3.8) is 0 Å². The summed E-state index contributed by atoms with van der Waals surface area (Å²) in [4.78, 5) is 2.29. The van der Waals surface area contributed by atoms with Crippen LogP contribution in [0.15, 0.2) is 12.1 Å². The van der Waals surface area contributed by atoms with Crippen LogP contribution in [0.4, 0.5) is 0 Å². The Morgan fingerprint density at radius 2 is 2.00 bits per heavy atom. The number of benzene rings is 1. The molecule has 3 heteroatoms. The molecule has 0 heterocycles. The van der Waals surface area contributed by atoms with Crippen LogP contribution in [0.5, 0.6) is 5.75 Å². The van der Waals surface area contributed by atoms with E-state index in [1.807, 2.05) is 6.92 Å². The van der Waals surface area contributed by atoms with Gasteiger partial charge in [-0.15, -0.1) is 0 Å². The van der Waals surface area contributed by atoms with Crippen molar-refractivity contribution < 1.29 is 4.74 Å². The Balaban J connectivity index is 2.76. The van der Waals surface area contributed by atoms with E-state index in [0.717, 1.165) is 25.3 Å². The highest BCUT2D eigenvalue weighted by atomic mass is 16.5. The molecule has 0 saturated carbocycles. The second-order valence-corrected chi connectivity index (χ2v) is 5.28. The first kappa shape index (κ1) is 15.0. The summed E-state index contributed by atoms with van der Waals surface area (Å²) in [5, 5.41) is 0. The number of methoxy groups -OCH3 is 1. The number of nitrogens with two attached hydrogens (primary N) is 1. The number of nitrogens with zero attached hydrogens (tertiary/aromatic N) is 1. The van der Waals surface area contributed by atoms with Gasteiger partial charge in [0, 0.05) is 18.2 Å². The molecule has 0 radical (unpaired) electrons. The summed E-state index contributed by atoms with van der Waals surface area (Å²) in [6.07, 6.45) is 1.02. The van der Waals surface area contributed by atoms with Crippen LogP contribution in [0, 0.1) is 13.8 Å². The topological polar surface area (TPSA) is 38.5 Å². The highest BCUT2D eigenvalue weighted by molar-refractivity contribution is 5.43. The maximum absolute atomic E-state index is 5.79. The Labute approximate surface area is 111 Å². The van der Waals surface area contributed by atoms with E-state index in [2.05, 4.69) is 37.9 Å². The summed E-state index contributed by atoms with van der Waals surface area (Å²) in [5.74, 6) is 1.01. The molecule has 0 spiro atoms. The predicted octanol–water partition coefficient (Wildman–Crippen LogP) is 2.48. The van der Waals surface area contributed by atoms with Gasteiger partial charge in [-0.1, -0.05) is 17.7 Å². The first-order valence-corrected chi connectivity index (χ1v) is 6.52. The molecule has 0 bridgehead atoms. The number of aryl methyl sites for hydroxylation is 2. The van der Waals surface area contributed by atoms with Gasteiger partial charge in [-0.25, -0.2) is 0 Å². The lowest BCUT2D eigenvalue weighted by Gasteiger charge is -2.20. The minimum absolute atomic E-state index is 0.258. The van der Waals surface area contributed by atoms with Crippen molar-refractivity contribution in [3.05, 3.63) is 28.8 Å². The molecule has 1 rings (SSSR count). The normalized spacial score (nSPS) is 12.8. The second-order valence-electron chi connectivity index (χ2n) is 5.28. The molecule has 0 amide bonds. The maximum atomic E-state index is 5.79. The smallest absolute Gasteiger partial charge is 0.126 e. The van der Waals surface area contributed by atoms with Gasteiger partial charge in [-0.2, -0.15) is 0 Å². The molecule has 1 aromatic carbocycles. The van der Waals surface area contributed by atoms with Gasteiger partial charge in [-0.05, 0) is 46.3 Å². The third kappa shape index (κ3) is 4.31. The fourth-order valence-electron chi connectivity index (χ4n) is 2.25. The first-order valence-electron chi connectivity index (χ1n) is 6.52. The lowest BCUT2D eigenvalue weighted by molar-refractivity contribution is 0.305. The van der Waals surface area contributed by atoms with Gasteiger partial charge in [0.15, 0.2) is 0 Å². The van der Waals surface area contributed by atoms with Crippen LogP contribution in [0.3, 0.4) is 0 Å². The van der Waals surface area contributed by atoms with Crippen molar-refractivity contribution in [2.45, 2.75) is 39.8 Å². The summed E-state index contributed by atoms with van der Waals surface area (Å²) >= 11 is 0. The zero-order valence-electron chi connectivity index (χ0n) is 12.3. The van der Waals surface area contributed by atoms with E-state index in [1.54, 1.807) is 7.11 Å². The first-order chi connectivity index (χ1) is 8.43. The van der Waals surface area contributed by atoms with Crippen molar-refractivity contribution in [2.24, 2.45) is 5.73 Å². The lowest BCUT2D eigenvalue weighted by Crippen LogP contribution is -2.26. The third-order valence-electron chi connectivity index (χ3n) is 3.11. The van der Waals surface area contributed by atoms with Gasteiger partial charge in [0.05, 0.1) is 7.11 Å². The maximum Gasteiger partial charge on any atom is 0.126 e. The molecule has 0 fully saturated rings. The molecule has 0 aromatic heterocycles. The Hall–Kier alpha value is -1.06. The molecular weight excluding hydrogens is 224 g/mol. The van der Waals surface area contributed by atoms with Crippen LogP contribution in [-0.2, 0) is 6.54 Å². The van der Waals surface area contributed by atoms with E-state index in [-0.39, 0.29) is 6.04 Å². The summed E-state index contributed by atoms with van der Waals surface area (Å²) in [7, 11) is 3.86. The van der Waals surface area contributed by atoms with Crippen molar-refractivity contribution >= 4 is 0 Å². The molecule has 3 nitrogen and oxygen atoms in total. The lowest BCUT2D eigenvalue weighted by atomic mass is 10.0. The van der Waals surface area contributed by atoms with Crippen LogP contribution in [-0.4, -0.2) is 31.6 Å². The fraction of sp³-hybridized carbons (Fsp3) is 0.600. The number of ether oxygens (including phenoxy) is 1. The molecular formula is C15H26N2O. The van der Waals surface area contributed by atoms with E-state index in [1.165, 1.54) is 16.7 Å². The monoisotopic (exact) mass is 250 g/mol. The summed E-state index contributed by atoms with van der Waals surface area (Å²) in [6, 6.07) is 4.62. The molecule has 0 aliphatic carbocycles. The van der Waals surface area contributed by atoms with Crippen LogP contribution in [0.25, 0.3) is 0 Å². The van der Waals surface area contributed by atoms with Gasteiger partial charge >= 0.3 is 0 Å². The van der Waals surface area contributed by atoms with E-state index in [9.17, 15) is 0 Å². The van der Waals surface area contributed by atoms with Crippen LogP contribution >= 0.6 is 0 Å². The van der Waals surface area contributed by atoms with Crippen LogP contribution in [0.2, 0.25) is 0 Å². The minimum Gasteiger partial charge on any atom is -0.496 e. The molecule has 18 heavy (non-hydrogen) atoms. The number of rotatable bonds is 6. The molecule has 1 atom stereocenters. The number of hydrogen-bond donors (Lipinski definition) is 1. The van der Waals surface area contributed by atoms with Crippen molar-refractivity contribution in [2.75, 3.05) is 20.7 Å². The average Bonchev–Trinajstić information content (AvgIpc) is 2.26. The molecule has 0 saturated heterocycles. The minimum atomic E-state index is 0.258. The van der Waals surface area contributed by atoms with Gasteiger partial charge < -0.3 is 15.4 Å². The Kier molecular flexibility index (Phi) is 5.63. The average molecular weight is 250 g/mol. The zero-order chi connectivity index (χ0) is 13.7. The second kappa shape index (κ2) is 6.76.